The van der Waals surface area contributed by atoms with Crippen molar-refractivity contribution < 1.29 is 0 Å². The lowest BCUT2D eigenvalue weighted by Crippen LogP contribution is -2.26. The number of benzene rings is 12. The number of fused-ring (bicyclic) bond motifs is 22. The molecular formula is C73H51N. The van der Waals surface area contributed by atoms with Crippen LogP contribution in [0.15, 0.2) is 237 Å². The van der Waals surface area contributed by atoms with Gasteiger partial charge in [-0.15, -0.1) is 0 Å². The molecule has 0 aromatic heterocycles. The summed E-state index contributed by atoms with van der Waals surface area (Å²) in [6.45, 7) is 9.67. The largest absolute Gasteiger partial charge is 0.310 e. The minimum Gasteiger partial charge on any atom is -0.310 e. The lowest BCUT2D eigenvalue weighted by molar-refractivity contribution is 0.660. The highest BCUT2D eigenvalue weighted by Crippen LogP contribution is 2.65. The molecule has 1 heteroatoms. The summed E-state index contributed by atoms with van der Waals surface area (Å²) in [6.07, 6.45) is 0. The lowest BCUT2D eigenvalue weighted by Gasteiger charge is -2.36. The monoisotopic (exact) mass is 941 g/mol. The van der Waals surface area contributed by atoms with Crippen molar-refractivity contribution in [2.24, 2.45) is 0 Å². The second-order valence-corrected chi connectivity index (χ2v) is 22.3. The number of nitrogens with zero attached hydrogens (tertiary/aromatic N) is 1. The van der Waals surface area contributed by atoms with E-state index in [9.17, 15) is 0 Å². The van der Waals surface area contributed by atoms with Crippen LogP contribution in [-0.2, 0) is 16.2 Å². The fraction of sp³-hybridized carbons (Fsp3) is 0.0959. The highest BCUT2D eigenvalue weighted by molar-refractivity contribution is 6.26. The van der Waals surface area contributed by atoms with E-state index in [4.69, 9.17) is 0 Å². The quantitative estimate of drug-likeness (QED) is 0.159. The highest BCUT2D eigenvalue weighted by Gasteiger charge is 2.52. The molecule has 0 bridgehead atoms. The van der Waals surface area contributed by atoms with E-state index in [1.54, 1.807) is 0 Å². The fourth-order valence-electron chi connectivity index (χ4n) is 14.9. The van der Waals surface area contributed by atoms with Crippen LogP contribution in [0, 0.1) is 0 Å². The van der Waals surface area contributed by atoms with E-state index >= 15 is 0 Å². The molecule has 0 fully saturated rings. The van der Waals surface area contributed by atoms with E-state index in [-0.39, 0.29) is 10.8 Å². The van der Waals surface area contributed by atoms with Crippen molar-refractivity contribution in [3.05, 3.63) is 281 Å². The molecule has 12 aromatic carbocycles. The summed E-state index contributed by atoms with van der Waals surface area (Å²) in [4.78, 5) is 2.67. The van der Waals surface area contributed by atoms with Gasteiger partial charge in [0.1, 0.15) is 0 Å². The van der Waals surface area contributed by atoms with E-state index in [1.165, 1.54) is 138 Å². The van der Waals surface area contributed by atoms with Crippen LogP contribution in [-0.4, -0.2) is 0 Å². The summed E-state index contributed by atoms with van der Waals surface area (Å²) in [7, 11) is 0. The molecular weight excluding hydrogens is 891 g/mol. The van der Waals surface area contributed by atoms with E-state index in [0.29, 0.717) is 0 Å². The zero-order chi connectivity index (χ0) is 49.2. The summed E-state index contributed by atoms with van der Waals surface area (Å²) in [5, 5.41) is 7.60. The van der Waals surface area contributed by atoms with Crippen LogP contribution in [0.4, 0.5) is 17.1 Å². The molecule has 0 N–H and O–H groups in total. The number of hydrogen-bond donors (Lipinski definition) is 0. The molecule has 0 saturated heterocycles. The van der Waals surface area contributed by atoms with Gasteiger partial charge < -0.3 is 4.90 Å². The predicted octanol–water partition coefficient (Wildman–Crippen LogP) is 19.2. The summed E-state index contributed by atoms with van der Waals surface area (Å²) in [5.74, 6) is 0. The Morgan fingerprint density at radius 1 is 0.257 bits per heavy atom. The maximum Gasteiger partial charge on any atom is 0.0726 e. The van der Waals surface area contributed by atoms with Crippen LogP contribution in [0.3, 0.4) is 0 Å². The molecule has 16 rings (SSSR count). The Balaban J connectivity index is 1.07. The predicted molar refractivity (Wildman–Crippen MR) is 311 cm³/mol. The van der Waals surface area contributed by atoms with Gasteiger partial charge in [0.05, 0.1) is 16.8 Å². The van der Waals surface area contributed by atoms with E-state index in [1.807, 2.05) is 0 Å². The van der Waals surface area contributed by atoms with E-state index < -0.39 is 5.41 Å². The minimum atomic E-state index is -0.535. The van der Waals surface area contributed by atoms with Crippen LogP contribution in [0.25, 0.3) is 88.0 Å². The third-order valence-corrected chi connectivity index (χ3v) is 18.0. The molecule has 0 radical (unpaired) electrons. The summed E-state index contributed by atoms with van der Waals surface area (Å²) < 4.78 is 0. The van der Waals surface area contributed by atoms with Crippen molar-refractivity contribution in [1.29, 1.82) is 0 Å². The summed E-state index contributed by atoms with van der Waals surface area (Å²) >= 11 is 0. The third-order valence-electron chi connectivity index (χ3n) is 18.0. The van der Waals surface area contributed by atoms with Crippen molar-refractivity contribution in [2.45, 2.75) is 43.9 Å². The van der Waals surface area contributed by atoms with Gasteiger partial charge in [-0.05, 0) is 163 Å². The molecule has 0 atom stereocenters. The normalized spacial score (nSPS) is 15.1. The van der Waals surface area contributed by atoms with Crippen molar-refractivity contribution in [1.82, 2.24) is 0 Å². The number of hydrogen-bond acceptors (Lipinski definition) is 1. The Morgan fingerprint density at radius 3 is 1.30 bits per heavy atom. The van der Waals surface area contributed by atoms with Crippen LogP contribution in [0.2, 0.25) is 0 Å². The highest BCUT2D eigenvalue weighted by atomic mass is 15.1. The summed E-state index contributed by atoms with van der Waals surface area (Å²) in [6, 6.07) is 90.6. The first kappa shape index (κ1) is 41.8. The van der Waals surface area contributed by atoms with Gasteiger partial charge in [-0.1, -0.05) is 228 Å². The molecule has 1 nitrogen and oxygen atoms in total. The molecule has 0 saturated carbocycles. The second kappa shape index (κ2) is 14.7. The Labute approximate surface area is 432 Å². The molecule has 348 valence electrons. The van der Waals surface area contributed by atoms with Crippen LogP contribution < -0.4 is 4.90 Å². The maximum absolute atomic E-state index is 2.67. The van der Waals surface area contributed by atoms with E-state index in [2.05, 4.69) is 269 Å². The SMILES string of the molecule is CC1(C)c2ccccc2-c2ccc(-c3cc4c(cc3N(c3ccc5c6ccccc6c6ccccc6c5c3)c3cccc5c3C(C)(C)c3ccccc3-5)C3(c5ccccc5-c5ccccc53)c3ccccc3-4)cc21. The Morgan fingerprint density at radius 2 is 0.703 bits per heavy atom. The molecule has 74 heavy (non-hydrogen) atoms. The van der Waals surface area contributed by atoms with Gasteiger partial charge in [0.2, 0.25) is 0 Å². The van der Waals surface area contributed by atoms with Gasteiger partial charge in [0.25, 0.3) is 0 Å². The van der Waals surface area contributed by atoms with Crippen molar-refractivity contribution in [3.63, 3.8) is 0 Å². The zero-order valence-corrected chi connectivity index (χ0v) is 42.0. The van der Waals surface area contributed by atoms with Gasteiger partial charge in [0.15, 0.2) is 0 Å². The van der Waals surface area contributed by atoms with Crippen LogP contribution in [0.1, 0.15) is 72.2 Å². The molecule has 0 unspecified atom stereocenters. The molecule has 0 aliphatic heterocycles. The zero-order valence-electron chi connectivity index (χ0n) is 42.0. The third kappa shape index (κ3) is 5.24. The molecule has 4 aliphatic carbocycles. The fourth-order valence-corrected chi connectivity index (χ4v) is 14.9. The topological polar surface area (TPSA) is 3.24 Å². The first-order chi connectivity index (χ1) is 36.2. The molecule has 4 aliphatic rings. The van der Waals surface area contributed by atoms with Crippen molar-refractivity contribution >= 4 is 49.4 Å². The molecule has 1 spiro atoms. The Bertz CT molecular complexity index is 4370. The average molecular weight is 942 g/mol. The van der Waals surface area contributed by atoms with Crippen LogP contribution >= 0.6 is 0 Å². The molecule has 12 aromatic rings. The first-order valence-corrected chi connectivity index (χ1v) is 26.3. The molecule has 0 heterocycles. The Kier molecular flexibility index (Phi) is 8.29. The average Bonchev–Trinajstić information content (AvgIpc) is 4.10. The second-order valence-electron chi connectivity index (χ2n) is 22.3. The number of rotatable bonds is 4. The lowest BCUT2D eigenvalue weighted by atomic mass is 9.70. The van der Waals surface area contributed by atoms with Crippen molar-refractivity contribution in [2.75, 3.05) is 4.90 Å². The van der Waals surface area contributed by atoms with Crippen LogP contribution in [0.5, 0.6) is 0 Å². The summed E-state index contributed by atoms with van der Waals surface area (Å²) in [5.41, 5.74) is 26.2. The smallest absolute Gasteiger partial charge is 0.0726 e. The van der Waals surface area contributed by atoms with Gasteiger partial charge in [-0.3, -0.25) is 0 Å². The van der Waals surface area contributed by atoms with Crippen molar-refractivity contribution in [3.8, 4) is 55.6 Å². The van der Waals surface area contributed by atoms with Gasteiger partial charge >= 0.3 is 0 Å². The van der Waals surface area contributed by atoms with E-state index in [0.717, 1.165) is 11.4 Å². The maximum atomic E-state index is 2.67. The first-order valence-electron chi connectivity index (χ1n) is 26.3. The standard InChI is InChI=1S/C73H51N/c1-71(2)61-30-14-9-24-51(61)56-38-36-44(40-66(56)71)58-42-60-55-28-13-18-34-65(55)73(63-32-16-11-25-52(63)53-26-12-17-33-64(53)73)67(60)43-69(58)74(68-35-19-29-57-54-27-10-15-31-62(54)72(3,4)70(57)68)45-37-39-50-48-22-6-5-20-46(48)47-21-7-8-23-49(47)59(50)41-45/h5-43H,1-4H3. The van der Waals surface area contributed by atoms with Gasteiger partial charge in [0, 0.05) is 22.1 Å². The molecule has 0 amide bonds. The minimum absolute atomic E-state index is 0.176. The van der Waals surface area contributed by atoms with Gasteiger partial charge in [-0.25, -0.2) is 0 Å². The number of anilines is 3. The van der Waals surface area contributed by atoms with Gasteiger partial charge in [-0.2, -0.15) is 0 Å². The Hall–Kier alpha value is -8.78.